The van der Waals surface area contributed by atoms with E-state index in [1.54, 1.807) is 0 Å². The lowest BCUT2D eigenvalue weighted by atomic mass is 10.2. The number of para-hydroxylation sites is 1. The van der Waals surface area contributed by atoms with Gasteiger partial charge in [-0.25, -0.2) is 0 Å². The SMILES string of the molecule is CCN(CCCCNCC(C)C)c1ccccc1. The molecule has 0 aromatic heterocycles. The summed E-state index contributed by atoms with van der Waals surface area (Å²) in [5, 5.41) is 3.50. The van der Waals surface area contributed by atoms with E-state index in [0.29, 0.717) is 0 Å². The molecule has 0 heterocycles. The molecule has 18 heavy (non-hydrogen) atoms. The molecular weight excluding hydrogens is 220 g/mol. The Morgan fingerprint density at radius 2 is 1.83 bits per heavy atom. The summed E-state index contributed by atoms with van der Waals surface area (Å²) in [7, 11) is 0. The molecule has 0 radical (unpaired) electrons. The van der Waals surface area contributed by atoms with Crippen LogP contribution in [0.25, 0.3) is 0 Å². The van der Waals surface area contributed by atoms with Crippen molar-refractivity contribution in [3.05, 3.63) is 30.3 Å². The van der Waals surface area contributed by atoms with Gasteiger partial charge in [0.15, 0.2) is 0 Å². The number of rotatable bonds is 9. The summed E-state index contributed by atoms with van der Waals surface area (Å²) < 4.78 is 0. The Kier molecular flexibility index (Phi) is 7.51. The van der Waals surface area contributed by atoms with Gasteiger partial charge in [0.1, 0.15) is 0 Å². The predicted octanol–water partition coefficient (Wildman–Crippen LogP) is 3.54. The summed E-state index contributed by atoms with van der Waals surface area (Å²) in [4.78, 5) is 2.45. The number of nitrogens with zero attached hydrogens (tertiary/aromatic N) is 1. The van der Waals surface area contributed by atoms with Crippen LogP contribution >= 0.6 is 0 Å². The Balaban J connectivity index is 2.17. The van der Waals surface area contributed by atoms with Crippen molar-refractivity contribution in [2.45, 2.75) is 33.6 Å². The number of nitrogens with one attached hydrogen (secondary N) is 1. The summed E-state index contributed by atoms with van der Waals surface area (Å²) in [6.45, 7) is 11.3. The molecule has 0 aliphatic rings. The molecule has 1 N–H and O–H groups in total. The van der Waals surface area contributed by atoms with Gasteiger partial charge in [0, 0.05) is 18.8 Å². The van der Waals surface area contributed by atoms with Crippen LogP contribution in [-0.4, -0.2) is 26.2 Å². The third-order valence-corrected chi connectivity index (χ3v) is 3.09. The average Bonchev–Trinajstić information content (AvgIpc) is 2.38. The van der Waals surface area contributed by atoms with Gasteiger partial charge in [-0.15, -0.1) is 0 Å². The van der Waals surface area contributed by atoms with Gasteiger partial charge in [0.25, 0.3) is 0 Å². The second kappa shape index (κ2) is 8.98. The number of unbranched alkanes of at least 4 members (excludes halogenated alkanes) is 1. The molecule has 0 bridgehead atoms. The first kappa shape index (κ1) is 15.0. The second-order valence-corrected chi connectivity index (χ2v) is 5.22. The standard InChI is InChI=1S/C16H28N2/c1-4-18(16-10-6-5-7-11-16)13-9-8-12-17-14-15(2)3/h5-7,10-11,15,17H,4,8-9,12-14H2,1-3H3. The van der Waals surface area contributed by atoms with Gasteiger partial charge in [0.05, 0.1) is 0 Å². The van der Waals surface area contributed by atoms with E-state index in [0.717, 1.165) is 32.1 Å². The molecule has 0 saturated heterocycles. The molecule has 0 aliphatic heterocycles. The van der Waals surface area contributed by atoms with Crippen LogP contribution in [-0.2, 0) is 0 Å². The highest BCUT2D eigenvalue weighted by atomic mass is 15.1. The van der Waals surface area contributed by atoms with Gasteiger partial charge in [-0.2, -0.15) is 0 Å². The van der Waals surface area contributed by atoms with Crippen LogP contribution in [0, 0.1) is 5.92 Å². The molecule has 2 heteroatoms. The van der Waals surface area contributed by atoms with E-state index in [-0.39, 0.29) is 0 Å². The number of anilines is 1. The Morgan fingerprint density at radius 1 is 1.11 bits per heavy atom. The third kappa shape index (κ3) is 6.06. The minimum atomic E-state index is 0.751. The molecule has 1 rings (SSSR count). The summed E-state index contributed by atoms with van der Waals surface area (Å²) in [6.07, 6.45) is 2.52. The van der Waals surface area contributed by atoms with E-state index in [1.807, 2.05) is 0 Å². The highest BCUT2D eigenvalue weighted by molar-refractivity contribution is 5.45. The smallest absolute Gasteiger partial charge is 0.0366 e. The highest BCUT2D eigenvalue weighted by Gasteiger charge is 2.02. The van der Waals surface area contributed by atoms with Gasteiger partial charge in [-0.1, -0.05) is 32.0 Å². The summed E-state index contributed by atoms with van der Waals surface area (Å²) in [5.41, 5.74) is 1.34. The van der Waals surface area contributed by atoms with Crippen LogP contribution in [0.3, 0.4) is 0 Å². The second-order valence-electron chi connectivity index (χ2n) is 5.22. The molecule has 0 fully saturated rings. The van der Waals surface area contributed by atoms with Crippen molar-refractivity contribution in [1.82, 2.24) is 5.32 Å². The lowest BCUT2D eigenvalue weighted by Gasteiger charge is -2.23. The maximum atomic E-state index is 3.50. The molecular formula is C16H28N2. The minimum absolute atomic E-state index is 0.751. The number of benzene rings is 1. The molecule has 102 valence electrons. The zero-order valence-electron chi connectivity index (χ0n) is 12.2. The van der Waals surface area contributed by atoms with E-state index in [4.69, 9.17) is 0 Å². The molecule has 1 aromatic carbocycles. The van der Waals surface area contributed by atoms with E-state index in [2.05, 4.69) is 61.3 Å². The van der Waals surface area contributed by atoms with E-state index in [1.165, 1.54) is 18.5 Å². The molecule has 2 nitrogen and oxygen atoms in total. The third-order valence-electron chi connectivity index (χ3n) is 3.09. The van der Waals surface area contributed by atoms with Crippen molar-refractivity contribution < 1.29 is 0 Å². The van der Waals surface area contributed by atoms with Gasteiger partial charge < -0.3 is 10.2 Å². The first-order chi connectivity index (χ1) is 8.74. The molecule has 0 unspecified atom stereocenters. The van der Waals surface area contributed by atoms with Crippen molar-refractivity contribution in [3.8, 4) is 0 Å². The van der Waals surface area contributed by atoms with Gasteiger partial charge in [0.2, 0.25) is 0 Å². The van der Waals surface area contributed by atoms with Crippen LogP contribution in [0.4, 0.5) is 5.69 Å². The zero-order valence-corrected chi connectivity index (χ0v) is 12.2. The predicted molar refractivity (Wildman–Crippen MR) is 81.3 cm³/mol. The molecule has 1 aromatic rings. The quantitative estimate of drug-likeness (QED) is 0.672. The fraction of sp³-hybridized carbons (Fsp3) is 0.625. The van der Waals surface area contributed by atoms with Crippen molar-refractivity contribution >= 4 is 5.69 Å². The van der Waals surface area contributed by atoms with Crippen LogP contribution in [0.5, 0.6) is 0 Å². The highest BCUT2D eigenvalue weighted by Crippen LogP contribution is 2.13. The average molecular weight is 248 g/mol. The minimum Gasteiger partial charge on any atom is -0.372 e. The van der Waals surface area contributed by atoms with E-state index >= 15 is 0 Å². The molecule has 0 spiro atoms. The first-order valence-electron chi connectivity index (χ1n) is 7.24. The van der Waals surface area contributed by atoms with Gasteiger partial charge in [-0.3, -0.25) is 0 Å². The van der Waals surface area contributed by atoms with E-state index < -0.39 is 0 Å². The topological polar surface area (TPSA) is 15.3 Å². The molecule has 0 saturated carbocycles. The monoisotopic (exact) mass is 248 g/mol. The Labute approximate surface area is 112 Å². The molecule has 0 aliphatic carbocycles. The Bertz CT molecular complexity index is 295. The van der Waals surface area contributed by atoms with Gasteiger partial charge >= 0.3 is 0 Å². The fourth-order valence-corrected chi connectivity index (χ4v) is 2.05. The molecule has 0 amide bonds. The fourth-order valence-electron chi connectivity index (χ4n) is 2.05. The summed E-state index contributed by atoms with van der Waals surface area (Å²) in [6, 6.07) is 10.7. The normalized spacial score (nSPS) is 10.9. The van der Waals surface area contributed by atoms with Crippen molar-refractivity contribution in [1.29, 1.82) is 0 Å². The number of hydrogen-bond donors (Lipinski definition) is 1. The lowest BCUT2D eigenvalue weighted by Crippen LogP contribution is -2.25. The maximum absolute atomic E-state index is 3.50. The largest absolute Gasteiger partial charge is 0.372 e. The van der Waals surface area contributed by atoms with Crippen LogP contribution in [0.15, 0.2) is 30.3 Å². The van der Waals surface area contributed by atoms with Crippen molar-refractivity contribution in [3.63, 3.8) is 0 Å². The lowest BCUT2D eigenvalue weighted by molar-refractivity contribution is 0.534. The van der Waals surface area contributed by atoms with Crippen LogP contribution in [0.1, 0.15) is 33.6 Å². The van der Waals surface area contributed by atoms with Crippen LogP contribution < -0.4 is 10.2 Å². The van der Waals surface area contributed by atoms with Crippen LogP contribution in [0.2, 0.25) is 0 Å². The van der Waals surface area contributed by atoms with Gasteiger partial charge in [-0.05, 0) is 50.9 Å². The van der Waals surface area contributed by atoms with E-state index in [9.17, 15) is 0 Å². The zero-order chi connectivity index (χ0) is 13.2. The number of hydrogen-bond acceptors (Lipinski definition) is 2. The first-order valence-corrected chi connectivity index (χ1v) is 7.24. The molecule has 0 atom stereocenters. The Morgan fingerprint density at radius 3 is 2.44 bits per heavy atom. The van der Waals surface area contributed by atoms with Crippen molar-refractivity contribution in [2.24, 2.45) is 5.92 Å². The maximum Gasteiger partial charge on any atom is 0.0366 e. The Hall–Kier alpha value is -1.02. The summed E-state index contributed by atoms with van der Waals surface area (Å²) in [5.74, 6) is 0.751. The summed E-state index contributed by atoms with van der Waals surface area (Å²) >= 11 is 0. The van der Waals surface area contributed by atoms with Crippen molar-refractivity contribution in [2.75, 3.05) is 31.1 Å².